The summed E-state index contributed by atoms with van der Waals surface area (Å²) >= 11 is 0. The first-order chi connectivity index (χ1) is 19.1. The molecule has 1 aliphatic heterocycles. The minimum absolute atomic E-state index is 0.575. The molecule has 0 fully saturated rings. The second kappa shape index (κ2) is 10.4. The molecule has 1 atom stereocenters. The van der Waals surface area contributed by atoms with E-state index in [4.69, 9.17) is 9.98 Å². The molecule has 1 aliphatic carbocycles. The van der Waals surface area contributed by atoms with Gasteiger partial charge in [-0.25, -0.2) is 9.98 Å². The molecule has 5 heteroatoms. The molecule has 6 rings (SSSR count). The summed E-state index contributed by atoms with van der Waals surface area (Å²) in [5.74, 6) is 1.47. The van der Waals surface area contributed by atoms with Crippen LogP contribution in [0.2, 0.25) is 0 Å². The van der Waals surface area contributed by atoms with E-state index < -0.39 is 5.66 Å². The molecule has 0 spiro atoms. The van der Waals surface area contributed by atoms with Crippen molar-refractivity contribution >= 4 is 11.7 Å². The van der Waals surface area contributed by atoms with Crippen LogP contribution in [-0.4, -0.2) is 22.3 Å². The number of benzene rings is 3. The lowest BCUT2D eigenvalue weighted by Gasteiger charge is -2.32. The molecule has 0 amide bonds. The van der Waals surface area contributed by atoms with Gasteiger partial charge in [0, 0.05) is 22.9 Å². The van der Waals surface area contributed by atoms with E-state index in [9.17, 15) is 5.26 Å². The Morgan fingerprint density at radius 3 is 2.18 bits per heavy atom. The Balaban J connectivity index is 1.42. The van der Waals surface area contributed by atoms with Gasteiger partial charge in [0.05, 0.1) is 17.3 Å². The molecule has 1 N–H and O–H groups in total. The summed E-state index contributed by atoms with van der Waals surface area (Å²) < 4.78 is 0. The summed E-state index contributed by atoms with van der Waals surface area (Å²) in [5.41, 5.74) is 6.77. The average Bonchev–Trinajstić information content (AvgIpc) is 3.02. The lowest BCUT2D eigenvalue weighted by molar-refractivity contribution is 0.548. The maximum atomic E-state index is 9.90. The summed E-state index contributed by atoms with van der Waals surface area (Å²) in [4.78, 5) is 14.7. The van der Waals surface area contributed by atoms with Gasteiger partial charge in [-0.15, -0.1) is 0 Å². The van der Waals surface area contributed by atoms with Crippen molar-refractivity contribution in [3.63, 3.8) is 0 Å². The SMILES string of the molecule is CC1(C2=CC=CCC2)N=C(c2ccccc2)NC(c2cc(C#N)cc(-c3ccc(-c4ccccn4)cc3)c2)=N1. The Morgan fingerprint density at radius 1 is 0.769 bits per heavy atom. The zero-order valence-corrected chi connectivity index (χ0v) is 21.7. The molecule has 39 heavy (non-hydrogen) atoms. The lowest BCUT2D eigenvalue weighted by atomic mass is 9.92. The maximum absolute atomic E-state index is 9.90. The van der Waals surface area contributed by atoms with Crippen molar-refractivity contribution in [2.75, 3.05) is 0 Å². The summed E-state index contributed by atoms with van der Waals surface area (Å²) in [7, 11) is 0. The zero-order valence-electron chi connectivity index (χ0n) is 21.7. The standard InChI is InChI=1S/C34H27N5/c1-34(30-12-6-3-7-13-30)38-32(27-10-4-2-5-11-27)37-33(39-34)29-21-24(23-35)20-28(22-29)25-15-17-26(18-16-25)31-14-8-9-19-36-31/h2-6,8-12,14-22H,7,13H2,1H3,(H,37,38,39). The Morgan fingerprint density at radius 2 is 1.49 bits per heavy atom. The number of rotatable bonds is 5. The van der Waals surface area contributed by atoms with Gasteiger partial charge < -0.3 is 5.32 Å². The van der Waals surface area contributed by atoms with Gasteiger partial charge in [-0.2, -0.15) is 5.26 Å². The van der Waals surface area contributed by atoms with E-state index in [-0.39, 0.29) is 0 Å². The largest absolute Gasteiger partial charge is 0.324 e. The Labute approximate surface area is 228 Å². The highest BCUT2D eigenvalue weighted by Gasteiger charge is 2.33. The molecule has 1 unspecified atom stereocenters. The van der Waals surface area contributed by atoms with Crippen LogP contribution >= 0.6 is 0 Å². The monoisotopic (exact) mass is 505 g/mol. The minimum atomic E-state index is -0.746. The van der Waals surface area contributed by atoms with Crippen LogP contribution in [-0.2, 0) is 0 Å². The number of nitrogens with one attached hydrogen (secondary N) is 1. The van der Waals surface area contributed by atoms with Crippen LogP contribution in [0.3, 0.4) is 0 Å². The number of pyridine rings is 1. The highest BCUT2D eigenvalue weighted by Crippen LogP contribution is 2.33. The molecule has 2 heterocycles. The van der Waals surface area contributed by atoms with Crippen LogP contribution in [0.1, 0.15) is 36.5 Å². The number of hydrogen-bond donors (Lipinski definition) is 1. The van der Waals surface area contributed by atoms with E-state index in [0.29, 0.717) is 11.4 Å². The minimum Gasteiger partial charge on any atom is -0.324 e. The zero-order chi connectivity index (χ0) is 26.7. The van der Waals surface area contributed by atoms with E-state index in [1.807, 2.05) is 60.7 Å². The van der Waals surface area contributed by atoms with Crippen molar-refractivity contribution in [3.05, 3.63) is 138 Å². The van der Waals surface area contributed by atoms with Crippen LogP contribution < -0.4 is 5.32 Å². The van der Waals surface area contributed by atoms with Gasteiger partial charge >= 0.3 is 0 Å². The van der Waals surface area contributed by atoms with E-state index in [2.05, 4.69) is 71.9 Å². The molecule has 0 bridgehead atoms. The fourth-order valence-electron chi connectivity index (χ4n) is 5.00. The average molecular weight is 506 g/mol. The fourth-order valence-corrected chi connectivity index (χ4v) is 5.00. The summed E-state index contributed by atoms with van der Waals surface area (Å²) in [6.07, 6.45) is 10.1. The number of hydrogen-bond acceptors (Lipinski definition) is 5. The van der Waals surface area contributed by atoms with Crippen molar-refractivity contribution < 1.29 is 0 Å². The van der Waals surface area contributed by atoms with E-state index >= 15 is 0 Å². The first-order valence-electron chi connectivity index (χ1n) is 13.1. The topological polar surface area (TPSA) is 73.4 Å². The predicted molar refractivity (Wildman–Crippen MR) is 157 cm³/mol. The van der Waals surface area contributed by atoms with Crippen LogP contribution in [0.5, 0.6) is 0 Å². The smallest absolute Gasteiger partial charge is 0.173 e. The molecule has 188 valence electrons. The van der Waals surface area contributed by atoms with Gasteiger partial charge in [0.25, 0.3) is 0 Å². The Kier molecular flexibility index (Phi) is 6.44. The van der Waals surface area contributed by atoms with E-state index in [0.717, 1.165) is 52.2 Å². The molecule has 0 radical (unpaired) electrons. The third-order valence-electron chi connectivity index (χ3n) is 7.08. The first-order valence-corrected chi connectivity index (χ1v) is 13.1. The normalized spacial score (nSPS) is 18.3. The number of nitriles is 1. The number of aliphatic imine (C=N–C) groups is 2. The highest BCUT2D eigenvalue weighted by atomic mass is 15.2. The van der Waals surface area contributed by atoms with Gasteiger partial charge in [0.2, 0.25) is 0 Å². The molecule has 0 saturated carbocycles. The lowest BCUT2D eigenvalue weighted by Crippen LogP contribution is -2.42. The number of nitrogens with zero attached hydrogens (tertiary/aromatic N) is 4. The van der Waals surface area contributed by atoms with Crippen molar-refractivity contribution in [3.8, 4) is 28.5 Å². The van der Waals surface area contributed by atoms with Gasteiger partial charge in [0.15, 0.2) is 5.66 Å². The number of aromatic nitrogens is 1. The third kappa shape index (κ3) is 5.05. The van der Waals surface area contributed by atoms with Gasteiger partial charge in [0.1, 0.15) is 11.7 Å². The second-order valence-corrected chi connectivity index (χ2v) is 9.79. The first kappa shape index (κ1) is 24.3. The molecular weight excluding hydrogens is 478 g/mol. The number of amidine groups is 2. The predicted octanol–water partition coefficient (Wildman–Crippen LogP) is 7.08. The molecular formula is C34H27N5. The molecule has 2 aliphatic rings. The van der Waals surface area contributed by atoms with Crippen molar-refractivity contribution in [1.82, 2.24) is 10.3 Å². The molecule has 0 saturated heterocycles. The maximum Gasteiger partial charge on any atom is 0.173 e. The van der Waals surface area contributed by atoms with Crippen LogP contribution in [0.4, 0.5) is 0 Å². The number of allylic oxidation sites excluding steroid dienone is 3. The molecule has 1 aromatic heterocycles. The van der Waals surface area contributed by atoms with Crippen LogP contribution in [0.25, 0.3) is 22.4 Å². The van der Waals surface area contributed by atoms with Gasteiger partial charge in [-0.3, -0.25) is 4.98 Å². The van der Waals surface area contributed by atoms with E-state index in [1.54, 1.807) is 6.20 Å². The Bertz CT molecular complexity index is 1670. The van der Waals surface area contributed by atoms with Gasteiger partial charge in [-0.1, -0.05) is 78.9 Å². The van der Waals surface area contributed by atoms with Crippen molar-refractivity contribution in [2.45, 2.75) is 25.4 Å². The van der Waals surface area contributed by atoms with Crippen LogP contribution in [0, 0.1) is 11.3 Å². The molecule has 5 nitrogen and oxygen atoms in total. The highest BCUT2D eigenvalue weighted by molar-refractivity contribution is 6.16. The fraction of sp³-hybridized carbons (Fsp3) is 0.118. The summed E-state index contributed by atoms with van der Waals surface area (Å²) in [5, 5.41) is 13.4. The Hall–Kier alpha value is -5.08. The third-order valence-corrected chi connectivity index (χ3v) is 7.08. The van der Waals surface area contributed by atoms with Crippen molar-refractivity contribution in [1.29, 1.82) is 5.26 Å². The second-order valence-electron chi connectivity index (χ2n) is 9.79. The van der Waals surface area contributed by atoms with E-state index in [1.165, 1.54) is 5.57 Å². The van der Waals surface area contributed by atoms with Crippen molar-refractivity contribution in [2.24, 2.45) is 9.98 Å². The quantitative estimate of drug-likeness (QED) is 0.315. The summed E-state index contributed by atoms with van der Waals surface area (Å²) in [6, 6.07) is 32.5. The van der Waals surface area contributed by atoms with Gasteiger partial charge in [-0.05, 0) is 66.8 Å². The van der Waals surface area contributed by atoms with Crippen LogP contribution in [0.15, 0.2) is 131 Å². The summed E-state index contributed by atoms with van der Waals surface area (Å²) in [6.45, 7) is 2.06. The molecule has 4 aromatic rings. The molecule has 3 aromatic carbocycles.